The first kappa shape index (κ1) is 14.1. The molecule has 0 saturated heterocycles. The molecule has 104 valence electrons. The number of phenols is 1. The smallest absolute Gasteiger partial charge is 0.350 e. The lowest BCUT2D eigenvalue weighted by molar-refractivity contribution is 0.0607. The van der Waals surface area contributed by atoms with Crippen molar-refractivity contribution in [1.82, 2.24) is 0 Å². The second kappa shape index (κ2) is 5.75. The Morgan fingerprint density at radius 1 is 1.30 bits per heavy atom. The molecule has 2 aromatic rings. The summed E-state index contributed by atoms with van der Waals surface area (Å²) in [6, 6.07) is 6.12. The molecule has 0 saturated carbocycles. The van der Waals surface area contributed by atoms with Gasteiger partial charge in [-0.1, -0.05) is 0 Å². The molecule has 0 aliphatic carbocycles. The Hall–Kier alpha value is -2.34. The zero-order valence-electron chi connectivity index (χ0n) is 11.0. The number of rotatable bonds is 3. The first-order valence-electron chi connectivity index (χ1n) is 5.79. The van der Waals surface area contributed by atoms with E-state index in [2.05, 4.69) is 10.1 Å². The Balaban J connectivity index is 2.24. The Morgan fingerprint density at radius 3 is 2.70 bits per heavy atom. The third-order valence-electron chi connectivity index (χ3n) is 2.74. The van der Waals surface area contributed by atoms with Gasteiger partial charge in [0.1, 0.15) is 10.6 Å². The second-order valence-corrected chi connectivity index (χ2v) is 5.02. The lowest BCUT2D eigenvalue weighted by atomic mass is 10.1. The van der Waals surface area contributed by atoms with Gasteiger partial charge in [0.25, 0.3) is 5.91 Å². The van der Waals surface area contributed by atoms with E-state index in [4.69, 9.17) is 0 Å². The molecule has 0 aliphatic heterocycles. The normalized spacial score (nSPS) is 10.1. The van der Waals surface area contributed by atoms with Crippen LogP contribution in [0.15, 0.2) is 29.6 Å². The molecule has 0 spiro atoms. The number of carbonyl (C=O) groups excluding carboxylic acids is 2. The summed E-state index contributed by atoms with van der Waals surface area (Å²) < 4.78 is 4.65. The highest BCUT2D eigenvalue weighted by atomic mass is 32.1. The predicted octanol–water partition coefficient (Wildman–Crippen LogP) is 2.80. The Labute approximate surface area is 119 Å². The highest BCUT2D eigenvalue weighted by Crippen LogP contribution is 2.24. The number of hydrogen-bond donors (Lipinski definition) is 2. The van der Waals surface area contributed by atoms with Gasteiger partial charge in [0.15, 0.2) is 0 Å². The molecule has 0 atom stereocenters. The molecule has 0 aliphatic rings. The van der Waals surface area contributed by atoms with E-state index in [9.17, 15) is 14.7 Å². The molecule has 1 heterocycles. The number of benzene rings is 1. The van der Waals surface area contributed by atoms with E-state index < -0.39 is 5.97 Å². The van der Waals surface area contributed by atoms with E-state index in [1.807, 2.05) is 0 Å². The zero-order chi connectivity index (χ0) is 14.7. The maximum absolute atomic E-state index is 12.2. The largest absolute Gasteiger partial charge is 0.508 e. The fourth-order valence-corrected chi connectivity index (χ4v) is 2.52. The molecule has 20 heavy (non-hydrogen) atoms. The van der Waals surface area contributed by atoms with Crippen LogP contribution in [-0.4, -0.2) is 24.1 Å². The maximum atomic E-state index is 12.2. The van der Waals surface area contributed by atoms with Crippen LogP contribution in [0, 0.1) is 6.92 Å². The summed E-state index contributed by atoms with van der Waals surface area (Å²) in [6.07, 6.45) is 0. The molecular weight excluding hydrogens is 278 g/mol. The van der Waals surface area contributed by atoms with Crippen LogP contribution in [0.1, 0.15) is 25.6 Å². The van der Waals surface area contributed by atoms with Gasteiger partial charge in [-0.15, -0.1) is 11.3 Å². The van der Waals surface area contributed by atoms with Crippen molar-refractivity contribution >= 4 is 28.9 Å². The average Bonchev–Trinajstić information content (AvgIpc) is 2.85. The van der Waals surface area contributed by atoms with E-state index in [0.717, 1.165) is 0 Å². The first-order valence-corrected chi connectivity index (χ1v) is 6.67. The van der Waals surface area contributed by atoms with E-state index in [1.165, 1.54) is 36.6 Å². The molecule has 1 aromatic heterocycles. The lowest BCUT2D eigenvalue weighted by Gasteiger charge is -2.08. The Kier molecular flexibility index (Phi) is 4.05. The van der Waals surface area contributed by atoms with Gasteiger partial charge in [-0.25, -0.2) is 4.79 Å². The quantitative estimate of drug-likeness (QED) is 0.853. The summed E-state index contributed by atoms with van der Waals surface area (Å²) in [4.78, 5) is 24.0. The molecule has 2 N–H and O–H groups in total. The number of hydrogen-bond acceptors (Lipinski definition) is 5. The Bertz CT molecular complexity index is 663. The van der Waals surface area contributed by atoms with Crippen LogP contribution in [-0.2, 0) is 4.74 Å². The van der Waals surface area contributed by atoms with Gasteiger partial charge in [-0.2, -0.15) is 0 Å². The molecule has 0 bridgehead atoms. The topological polar surface area (TPSA) is 75.6 Å². The molecular formula is C14H13NO4S. The minimum Gasteiger partial charge on any atom is -0.508 e. The van der Waals surface area contributed by atoms with E-state index >= 15 is 0 Å². The van der Waals surface area contributed by atoms with Crippen molar-refractivity contribution in [3.8, 4) is 5.75 Å². The summed E-state index contributed by atoms with van der Waals surface area (Å²) in [5.41, 5.74) is 1.50. The van der Waals surface area contributed by atoms with Crippen LogP contribution in [0.4, 0.5) is 5.69 Å². The van der Waals surface area contributed by atoms with Crippen LogP contribution < -0.4 is 5.32 Å². The van der Waals surface area contributed by atoms with Crippen molar-refractivity contribution in [3.05, 3.63) is 45.6 Å². The van der Waals surface area contributed by atoms with Gasteiger partial charge in [-0.3, -0.25) is 4.79 Å². The summed E-state index contributed by atoms with van der Waals surface area (Å²) >= 11 is 1.20. The molecule has 5 nitrogen and oxygen atoms in total. The fraction of sp³-hybridized carbons (Fsp3) is 0.143. The van der Waals surface area contributed by atoms with Crippen molar-refractivity contribution in [2.45, 2.75) is 6.92 Å². The molecule has 0 unspecified atom stereocenters. The predicted molar refractivity (Wildman–Crippen MR) is 76.5 cm³/mol. The summed E-state index contributed by atoms with van der Waals surface area (Å²) in [6.45, 7) is 1.73. The lowest BCUT2D eigenvalue weighted by Crippen LogP contribution is -2.15. The van der Waals surface area contributed by atoms with Crippen molar-refractivity contribution in [2.75, 3.05) is 12.4 Å². The molecule has 6 heteroatoms. The van der Waals surface area contributed by atoms with Gasteiger partial charge >= 0.3 is 5.97 Å². The van der Waals surface area contributed by atoms with Crippen LogP contribution in [0.3, 0.4) is 0 Å². The fourth-order valence-electron chi connectivity index (χ4n) is 1.75. The van der Waals surface area contributed by atoms with E-state index in [1.54, 1.807) is 18.4 Å². The number of nitrogens with one attached hydrogen (secondary N) is 1. The molecule has 1 amide bonds. The number of anilines is 1. The highest BCUT2D eigenvalue weighted by molar-refractivity contribution is 7.12. The van der Waals surface area contributed by atoms with Gasteiger partial charge in [-0.05, 0) is 42.1 Å². The van der Waals surface area contributed by atoms with E-state index in [-0.39, 0.29) is 11.7 Å². The van der Waals surface area contributed by atoms with Gasteiger partial charge in [0.2, 0.25) is 0 Å². The number of aromatic hydroxyl groups is 1. The summed E-state index contributed by atoms with van der Waals surface area (Å²) in [5, 5.41) is 13.7. The Morgan fingerprint density at radius 2 is 2.05 bits per heavy atom. The van der Waals surface area contributed by atoms with Crippen molar-refractivity contribution in [3.63, 3.8) is 0 Å². The number of amides is 1. The van der Waals surface area contributed by atoms with Gasteiger partial charge < -0.3 is 15.2 Å². The molecule has 2 rings (SSSR count). The number of phenolic OH excluding ortho intramolecular Hbond substituents is 1. The van der Waals surface area contributed by atoms with Crippen LogP contribution in [0.2, 0.25) is 0 Å². The standard InChI is InChI=1S/C14H13NO4S/c1-8-7-9(16)3-4-10(8)13(17)15-11-5-6-20-12(11)14(18)19-2/h3-7,16H,1-2H3,(H,15,17). The van der Waals surface area contributed by atoms with Crippen LogP contribution >= 0.6 is 11.3 Å². The number of ether oxygens (including phenoxy) is 1. The monoisotopic (exact) mass is 291 g/mol. The number of esters is 1. The highest BCUT2D eigenvalue weighted by Gasteiger charge is 2.17. The van der Waals surface area contributed by atoms with Crippen molar-refractivity contribution < 1.29 is 19.4 Å². The van der Waals surface area contributed by atoms with E-state index in [0.29, 0.717) is 21.7 Å². The minimum atomic E-state index is -0.488. The zero-order valence-corrected chi connectivity index (χ0v) is 11.8. The number of carbonyl (C=O) groups is 2. The minimum absolute atomic E-state index is 0.102. The SMILES string of the molecule is COC(=O)c1sccc1NC(=O)c1ccc(O)cc1C. The average molecular weight is 291 g/mol. The van der Waals surface area contributed by atoms with Crippen LogP contribution in [0.5, 0.6) is 5.75 Å². The van der Waals surface area contributed by atoms with Gasteiger partial charge in [0, 0.05) is 5.56 Å². The second-order valence-electron chi connectivity index (χ2n) is 4.11. The number of aryl methyl sites for hydroxylation is 1. The first-order chi connectivity index (χ1) is 9.52. The third kappa shape index (κ3) is 2.80. The van der Waals surface area contributed by atoms with Crippen LogP contribution in [0.25, 0.3) is 0 Å². The number of thiophene rings is 1. The molecule has 0 fully saturated rings. The summed E-state index contributed by atoms with van der Waals surface area (Å²) in [5.74, 6) is -0.728. The van der Waals surface area contributed by atoms with Crippen molar-refractivity contribution in [1.29, 1.82) is 0 Å². The third-order valence-corrected chi connectivity index (χ3v) is 3.63. The maximum Gasteiger partial charge on any atom is 0.350 e. The molecule has 1 aromatic carbocycles. The summed E-state index contributed by atoms with van der Waals surface area (Å²) in [7, 11) is 1.29. The van der Waals surface area contributed by atoms with Crippen molar-refractivity contribution in [2.24, 2.45) is 0 Å². The van der Waals surface area contributed by atoms with Gasteiger partial charge in [0.05, 0.1) is 12.8 Å². The number of methoxy groups -OCH3 is 1. The molecule has 0 radical (unpaired) electrons.